The van der Waals surface area contributed by atoms with Crippen molar-refractivity contribution in [1.29, 1.82) is 0 Å². The SMILES string of the molecule is CCN(CC)CC(=O)OCCCc1ccccc1. The van der Waals surface area contributed by atoms with Crippen LogP contribution in [0.25, 0.3) is 0 Å². The Kier molecular flexibility index (Phi) is 7.11. The number of hydrogen-bond donors (Lipinski definition) is 0. The Labute approximate surface area is 110 Å². The second-order valence-electron chi connectivity index (χ2n) is 4.27. The van der Waals surface area contributed by atoms with Crippen molar-refractivity contribution in [2.24, 2.45) is 0 Å². The third kappa shape index (κ3) is 5.82. The molecular weight excluding hydrogens is 226 g/mol. The highest BCUT2D eigenvalue weighted by molar-refractivity contribution is 5.71. The predicted molar refractivity (Wildman–Crippen MR) is 73.5 cm³/mol. The van der Waals surface area contributed by atoms with E-state index < -0.39 is 0 Å². The number of carbonyl (C=O) groups excluding carboxylic acids is 1. The van der Waals surface area contributed by atoms with Gasteiger partial charge < -0.3 is 4.74 Å². The third-order valence-electron chi connectivity index (χ3n) is 2.96. The lowest BCUT2D eigenvalue weighted by Gasteiger charge is -2.16. The lowest BCUT2D eigenvalue weighted by atomic mass is 10.1. The number of aryl methyl sites for hydroxylation is 1. The van der Waals surface area contributed by atoms with E-state index in [1.54, 1.807) is 0 Å². The van der Waals surface area contributed by atoms with E-state index in [0.29, 0.717) is 13.2 Å². The van der Waals surface area contributed by atoms with Gasteiger partial charge in [0.15, 0.2) is 0 Å². The molecule has 0 aromatic heterocycles. The number of hydrogen-bond acceptors (Lipinski definition) is 3. The Morgan fingerprint density at radius 1 is 1.17 bits per heavy atom. The Morgan fingerprint density at radius 2 is 1.83 bits per heavy atom. The average Bonchev–Trinajstić information content (AvgIpc) is 2.42. The van der Waals surface area contributed by atoms with E-state index in [4.69, 9.17) is 4.74 Å². The molecular formula is C15H23NO2. The Hall–Kier alpha value is -1.35. The van der Waals surface area contributed by atoms with Crippen LogP contribution in [-0.4, -0.2) is 37.1 Å². The minimum atomic E-state index is -0.119. The molecule has 3 nitrogen and oxygen atoms in total. The van der Waals surface area contributed by atoms with Crippen molar-refractivity contribution in [1.82, 2.24) is 4.90 Å². The Balaban J connectivity index is 2.12. The van der Waals surface area contributed by atoms with E-state index in [1.807, 2.05) is 32.0 Å². The first-order chi connectivity index (χ1) is 8.76. The zero-order valence-corrected chi connectivity index (χ0v) is 11.4. The molecule has 0 aliphatic rings. The van der Waals surface area contributed by atoms with Crippen molar-refractivity contribution >= 4 is 5.97 Å². The van der Waals surface area contributed by atoms with Crippen molar-refractivity contribution in [2.75, 3.05) is 26.2 Å². The van der Waals surface area contributed by atoms with Crippen LogP contribution in [-0.2, 0) is 16.0 Å². The zero-order valence-electron chi connectivity index (χ0n) is 11.4. The summed E-state index contributed by atoms with van der Waals surface area (Å²) in [5.74, 6) is -0.119. The molecule has 1 aromatic carbocycles. The molecule has 100 valence electrons. The second kappa shape index (κ2) is 8.70. The van der Waals surface area contributed by atoms with Crippen LogP contribution in [0.15, 0.2) is 30.3 Å². The maximum absolute atomic E-state index is 11.5. The summed E-state index contributed by atoms with van der Waals surface area (Å²) in [5, 5.41) is 0. The molecule has 0 spiro atoms. The molecule has 0 bridgehead atoms. The monoisotopic (exact) mass is 249 g/mol. The highest BCUT2D eigenvalue weighted by Crippen LogP contribution is 2.02. The summed E-state index contributed by atoms with van der Waals surface area (Å²) in [6, 6.07) is 10.3. The topological polar surface area (TPSA) is 29.5 Å². The molecule has 0 saturated heterocycles. The highest BCUT2D eigenvalue weighted by atomic mass is 16.5. The van der Waals surface area contributed by atoms with Crippen LogP contribution < -0.4 is 0 Å². The lowest BCUT2D eigenvalue weighted by molar-refractivity contribution is -0.144. The van der Waals surface area contributed by atoms with Gasteiger partial charge in [0.25, 0.3) is 0 Å². The molecule has 0 heterocycles. The Bertz CT molecular complexity index is 334. The van der Waals surface area contributed by atoms with Crippen molar-refractivity contribution < 1.29 is 9.53 Å². The van der Waals surface area contributed by atoms with Crippen LogP contribution in [0.3, 0.4) is 0 Å². The standard InChI is InChI=1S/C15H23NO2/c1-3-16(4-2)13-15(17)18-12-8-11-14-9-6-5-7-10-14/h5-7,9-10H,3-4,8,11-13H2,1-2H3. The molecule has 1 aromatic rings. The predicted octanol–water partition coefficient (Wildman–Crippen LogP) is 2.50. The van der Waals surface area contributed by atoms with Gasteiger partial charge in [0.05, 0.1) is 13.2 Å². The fourth-order valence-corrected chi connectivity index (χ4v) is 1.78. The fourth-order valence-electron chi connectivity index (χ4n) is 1.78. The van der Waals surface area contributed by atoms with Crippen LogP contribution in [0.5, 0.6) is 0 Å². The number of likely N-dealkylation sites (N-methyl/N-ethyl adjacent to an activating group) is 1. The molecule has 0 atom stereocenters. The van der Waals surface area contributed by atoms with Crippen LogP contribution in [0.4, 0.5) is 0 Å². The zero-order chi connectivity index (χ0) is 13.2. The molecule has 1 rings (SSSR count). The van der Waals surface area contributed by atoms with E-state index >= 15 is 0 Å². The van der Waals surface area contributed by atoms with Gasteiger partial charge in [0.1, 0.15) is 0 Å². The maximum atomic E-state index is 11.5. The normalized spacial score (nSPS) is 10.6. The number of esters is 1. The van der Waals surface area contributed by atoms with Gasteiger partial charge in [-0.1, -0.05) is 44.2 Å². The Morgan fingerprint density at radius 3 is 2.44 bits per heavy atom. The van der Waals surface area contributed by atoms with Crippen molar-refractivity contribution in [3.8, 4) is 0 Å². The highest BCUT2D eigenvalue weighted by Gasteiger charge is 2.07. The number of rotatable bonds is 8. The first-order valence-electron chi connectivity index (χ1n) is 6.68. The minimum Gasteiger partial charge on any atom is -0.465 e. The third-order valence-corrected chi connectivity index (χ3v) is 2.96. The summed E-state index contributed by atoms with van der Waals surface area (Å²) < 4.78 is 5.22. The first-order valence-corrected chi connectivity index (χ1v) is 6.68. The molecule has 0 amide bonds. The van der Waals surface area contributed by atoms with E-state index in [2.05, 4.69) is 17.0 Å². The first kappa shape index (κ1) is 14.7. The largest absolute Gasteiger partial charge is 0.465 e. The summed E-state index contributed by atoms with van der Waals surface area (Å²) in [5.41, 5.74) is 1.29. The smallest absolute Gasteiger partial charge is 0.320 e. The van der Waals surface area contributed by atoms with E-state index in [0.717, 1.165) is 25.9 Å². The van der Waals surface area contributed by atoms with Crippen LogP contribution in [0.2, 0.25) is 0 Å². The maximum Gasteiger partial charge on any atom is 0.320 e. The van der Waals surface area contributed by atoms with Crippen LogP contribution >= 0.6 is 0 Å². The van der Waals surface area contributed by atoms with Gasteiger partial charge in [0, 0.05) is 0 Å². The molecule has 0 radical (unpaired) electrons. The molecule has 18 heavy (non-hydrogen) atoms. The summed E-state index contributed by atoms with van der Waals surface area (Å²) in [6.45, 7) is 6.77. The molecule has 0 saturated carbocycles. The fraction of sp³-hybridized carbons (Fsp3) is 0.533. The van der Waals surface area contributed by atoms with Crippen LogP contribution in [0, 0.1) is 0 Å². The van der Waals surface area contributed by atoms with Gasteiger partial charge in [-0.25, -0.2) is 0 Å². The number of nitrogens with zero attached hydrogens (tertiary/aromatic N) is 1. The van der Waals surface area contributed by atoms with Gasteiger partial charge in [-0.15, -0.1) is 0 Å². The summed E-state index contributed by atoms with van der Waals surface area (Å²) >= 11 is 0. The molecule has 0 fully saturated rings. The van der Waals surface area contributed by atoms with E-state index in [1.165, 1.54) is 5.56 Å². The van der Waals surface area contributed by atoms with Gasteiger partial charge in [-0.05, 0) is 31.5 Å². The van der Waals surface area contributed by atoms with Crippen molar-refractivity contribution in [3.05, 3.63) is 35.9 Å². The molecule has 0 unspecified atom stereocenters. The summed E-state index contributed by atoms with van der Waals surface area (Å²) in [4.78, 5) is 13.6. The van der Waals surface area contributed by atoms with E-state index in [-0.39, 0.29) is 5.97 Å². The molecule has 0 N–H and O–H groups in total. The van der Waals surface area contributed by atoms with Gasteiger partial charge in [0.2, 0.25) is 0 Å². The van der Waals surface area contributed by atoms with E-state index in [9.17, 15) is 4.79 Å². The van der Waals surface area contributed by atoms with Crippen LogP contribution in [0.1, 0.15) is 25.8 Å². The van der Waals surface area contributed by atoms with Crippen molar-refractivity contribution in [2.45, 2.75) is 26.7 Å². The van der Waals surface area contributed by atoms with Gasteiger partial charge in [-0.2, -0.15) is 0 Å². The average molecular weight is 249 g/mol. The molecule has 0 aliphatic carbocycles. The number of benzene rings is 1. The number of carbonyl (C=O) groups is 1. The quantitative estimate of drug-likeness (QED) is 0.524. The molecule has 0 aliphatic heterocycles. The van der Waals surface area contributed by atoms with Gasteiger partial charge in [-0.3, -0.25) is 9.69 Å². The second-order valence-corrected chi connectivity index (χ2v) is 4.27. The summed E-state index contributed by atoms with van der Waals surface area (Å²) in [6.07, 6.45) is 1.84. The summed E-state index contributed by atoms with van der Waals surface area (Å²) in [7, 11) is 0. The minimum absolute atomic E-state index is 0.119. The number of ether oxygens (including phenoxy) is 1. The lowest BCUT2D eigenvalue weighted by Crippen LogP contribution is -2.30. The van der Waals surface area contributed by atoms with Gasteiger partial charge >= 0.3 is 5.97 Å². The van der Waals surface area contributed by atoms with Crippen molar-refractivity contribution in [3.63, 3.8) is 0 Å². The molecule has 3 heteroatoms.